The molecule has 1 aromatic carbocycles. The number of hydrogen-bond acceptors (Lipinski definition) is 2. The van der Waals surface area contributed by atoms with Gasteiger partial charge in [0.25, 0.3) is 0 Å². The third-order valence-electron chi connectivity index (χ3n) is 1.69. The largest absolute Gasteiger partial charge is 0.491 e. The van der Waals surface area contributed by atoms with E-state index in [0.29, 0.717) is 12.1 Å². The smallest absolute Gasteiger partial charge is 0.300 e. The fourth-order valence-corrected chi connectivity index (χ4v) is 1.02. The molecule has 0 saturated heterocycles. The van der Waals surface area contributed by atoms with Crippen LogP contribution in [0.15, 0.2) is 12.1 Å². The number of alkyl halides is 2. The van der Waals surface area contributed by atoms with Crippen molar-refractivity contribution in [3.05, 3.63) is 29.3 Å². The average molecular weight is 222 g/mol. The highest BCUT2D eigenvalue weighted by atomic mass is 19.3. The van der Waals surface area contributed by atoms with E-state index < -0.39 is 35.2 Å². The normalized spacial score (nSPS) is 10.5. The minimum atomic E-state index is -3.29. The topological polar surface area (TPSA) is 26.3 Å². The molecule has 0 fully saturated rings. The van der Waals surface area contributed by atoms with Crippen molar-refractivity contribution >= 4 is 5.78 Å². The summed E-state index contributed by atoms with van der Waals surface area (Å²) in [5.74, 6) is -4.72. The van der Waals surface area contributed by atoms with Gasteiger partial charge in [-0.3, -0.25) is 4.79 Å². The lowest BCUT2D eigenvalue weighted by Gasteiger charge is -2.05. The van der Waals surface area contributed by atoms with Gasteiger partial charge in [0.1, 0.15) is 0 Å². The molecule has 0 unspecified atom stereocenters. The summed E-state index contributed by atoms with van der Waals surface area (Å²) in [6, 6.07) is 1.02. The van der Waals surface area contributed by atoms with Crippen LogP contribution in [0, 0.1) is 11.6 Å². The average Bonchev–Trinajstić information content (AvgIpc) is 2.15. The molecule has 0 spiro atoms. The zero-order valence-electron chi connectivity index (χ0n) is 7.56. The maximum absolute atomic E-state index is 13.0. The van der Waals surface area contributed by atoms with E-state index in [1.54, 1.807) is 0 Å². The minimum Gasteiger partial charge on any atom is -0.491 e. The molecule has 82 valence electrons. The Morgan fingerprint density at radius 3 is 2.07 bits per heavy atom. The van der Waals surface area contributed by atoms with Crippen molar-refractivity contribution in [1.82, 2.24) is 0 Å². The Morgan fingerprint density at radius 2 is 1.73 bits per heavy atom. The standard InChI is InChI=1S/C9H6F4O2/c1-15-8-5(10)2-4(3-6(8)11)7(14)9(12)13/h2-3,9H,1H3. The lowest BCUT2D eigenvalue weighted by molar-refractivity contribution is 0.0677. The molecule has 2 nitrogen and oxygen atoms in total. The van der Waals surface area contributed by atoms with Gasteiger partial charge in [-0.1, -0.05) is 0 Å². The molecule has 6 heteroatoms. The van der Waals surface area contributed by atoms with Crippen LogP contribution in [0.5, 0.6) is 5.75 Å². The quantitative estimate of drug-likeness (QED) is 0.579. The number of carbonyl (C=O) groups is 1. The van der Waals surface area contributed by atoms with E-state index in [-0.39, 0.29) is 0 Å². The second-order valence-electron chi connectivity index (χ2n) is 2.64. The van der Waals surface area contributed by atoms with Crippen LogP contribution in [0.2, 0.25) is 0 Å². The van der Waals surface area contributed by atoms with E-state index in [4.69, 9.17) is 0 Å². The lowest BCUT2D eigenvalue weighted by atomic mass is 10.1. The van der Waals surface area contributed by atoms with Gasteiger partial charge in [-0.25, -0.2) is 17.6 Å². The van der Waals surface area contributed by atoms with E-state index in [1.807, 2.05) is 0 Å². The number of rotatable bonds is 3. The first kappa shape index (κ1) is 11.5. The molecular formula is C9H6F4O2. The zero-order valence-corrected chi connectivity index (χ0v) is 7.56. The maximum Gasteiger partial charge on any atom is 0.300 e. The zero-order chi connectivity index (χ0) is 11.6. The fraction of sp³-hybridized carbons (Fsp3) is 0.222. The molecule has 0 saturated carbocycles. The van der Waals surface area contributed by atoms with Crippen LogP contribution >= 0.6 is 0 Å². The van der Waals surface area contributed by atoms with Gasteiger partial charge in [0, 0.05) is 5.56 Å². The Kier molecular flexibility index (Phi) is 3.28. The molecule has 1 aromatic rings. The van der Waals surface area contributed by atoms with Crippen molar-refractivity contribution in [2.75, 3.05) is 7.11 Å². The number of hydrogen-bond donors (Lipinski definition) is 0. The Balaban J connectivity index is 3.20. The molecule has 0 aliphatic carbocycles. The second-order valence-corrected chi connectivity index (χ2v) is 2.64. The van der Waals surface area contributed by atoms with Crippen molar-refractivity contribution in [2.45, 2.75) is 6.43 Å². The summed E-state index contributed by atoms with van der Waals surface area (Å²) in [6.45, 7) is 0. The van der Waals surface area contributed by atoms with Crippen molar-refractivity contribution in [3.8, 4) is 5.75 Å². The molecule has 0 aliphatic heterocycles. The molecule has 0 atom stereocenters. The van der Waals surface area contributed by atoms with Crippen molar-refractivity contribution in [2.24, 2.45) is 0 Å². The fourth-order valence-electron chi connectivity index (χ4n) is 1.02. The van der Waals surface area contributed by atoms with Crippen LogP contribution in [-0.2, 0) is 0 Å². The number of ketones is 1. The van der Waals surface area contributed by atoms with E-state index in [0.717, 1.165) is 7.11 Å². The lowest BCUT2D eigenvalue weighted by Crippen LogP contribution is -2.11. The maximum atomic E-state index is 13.0. The highest BCUT2D eigenvalue weighted by molar-refractivity contribution is 5.98. The van der Waals surface area contributed by atoms with Crippen molar-refractivity contribution < 1.29 is 27.1 Å². The molecule has 0 bridgehead atoms. The van der Waals surface area contributed by atoms with Crippen LogP contribution in [0.1, 0.15) is 10.4 Å². The number of carbonyl (C=O) groups excluding carboxylic acids is 1. The predicted molar refractivity (Wildman–Crippen MR) is 43.2 cm³/mol. The molecular weight excluding hydrogens is 216 g/mol. The Hall–Kier alpha value is -1.59. The summed E-state index contributed by atoms with van der Waals surface area (Å²) in [5.41, 5.74) is -0.721. The summed E-state index contributed by atoms with van der Waals surface area (Å²) >= 11 is 0. The van der Waals surface area contributed by atoms with Gasteiger partial charge >= 0.3 is 6.43 Å². The van der Waals surface area contributed by atoms with Gasteiger partial charge in [0.05, 0.1) is 7.11 Å². The molecule has 0 radical (unpaired) electrons. The second kappa shape index (κ2) is 4.29. The molecule has 0 heterocycles. The molecule has 15 heavy (non-hydrogen) atoms. The molecule has 0 aromatic heterocycles. The third kappa shape index (κ3) is 2.26. The van der Waals surface area contributed by atoms with E-state index in [2.05, 4.69) is 4.74 Å². The molecule has 0 amide bonds. The van der Waals surface area contributed by atoms with Gasteiger partial charge in [0.15, 0.2) is 17.4 Å². The highest BCUT2D eigenvalue weighted by Crippen LogP contribution is 2.23. The number of halogens is 4. The summed E-state index contributed by atoms with van der Waals surface area (Å²) in [7, 11) is 1.02. The number of ether oxygens (including phenoxy) is 1. The summed E-state index contributed by atoms with van der Waals surface area (Å²) in [5, 5.41) is 0. The third-order valence-corrected chi connectivity index (χ3v) is 1.69. The Labute approximate surface area is 82.5 Å². The first-order valence-corrected chi connectivity index (χ1v) is 3.82. The van der Waals surface area contributed by atoms with E-state index in [9.17, 15) is 22.4 Å². The minimum absolute atomic E-state index is 0.510. The van der Waals surface area contributed by atoms with Crippen LogP contribution in [0.4, 0.5) is 17.6 Å². The summed E-state index contributed by atoms with van der Waals surface area (Å²) < 4.78 is 54.1. The summed E-state index contributed by atoms with van der Waals surface area (Å²) in [4.78, 5) is 10.7. The van der Waals surface area contributed by atoms with E-state index in [1.165, 1.54) is 0 Å². The van der Waals surface area contributed by atoms with Gasteiger partial charge in [-0.05, 0) is 12.1 Å². The predicted octanol–water partition coefficient (Wildman–Crippen LogP) is 2.42. The van der Waals surface area contributed by atoms with Crippen LogP contribution < -0.4 is 4.74 Å². The van der Waals surface area contributed by atoms with Crippen LogP contribution in [0.25, 0.3) is 0 Å². The Bertz CT molecular complexity index is 367. The number of methoxy groups -OCH3 is 1. The van der Waals surface area contributed by atoms with Gasteiger partial charge in [-0.2, -0.15) is 0 Å². The first-order chi connectivity index (χ1) is 6.97. The van der Waals surface area contributed by atoms with Crippen LogP contribution in [-0.4, -0.2) is 19.3 Å². The van der Waals surface area contributed by atoms with Gasteiger partial charge in [-0.15, -0.1) is 0 Å². The number of Topliss-reactive ketones (excluding diaryl/α,β-unsaturated/α-hetero) is 1. The highest BCUT2D eigenvalue weighted by Gasteiger charge is 2.21. The molecule has 1 rings (SSSR count). The van der Waals surface area contributed by atoms with Crippen molar-refractivity contribution in [3.63, 3.8) is 0 Å². The van der Waals surface area contributed by atoms with E-state index >= 15 is 0 Å². The van der Waals surface area contributed by atoms with Crippen molar-refractivity contribution in [1.29, 1.82) is 0 Å². The van der Waals surface area contributed by atoms with Crippen LogP contribution in [0.3, 0.4) is 0 Å². The summed E-state index contributed by atoms with van der Waals surface area (Å²) in [6.07, 6.45) is -3.29. The molecule has 0 N–H and O–H groups in total. The monoisotopic (exact) mass is 222 g/mol. The Morgan fingerprint density at radius 1 is 1.27 bits per heavy atom. The number of benzene rings is 1. The molecule has 0 aliphatic rings. The first-order valence-electron chi connectivity index (χ1n) is 3.82. The van der Waals surface area contributed by atoms with Gasteiger partial charge in [0.2, 0.25) is 5.78 Å². The van der Waals surface area contributed by atoms with Gasteiger partial charge < -0.3 is 4.74 Å². The SMILES string of the molecule is COc1c(F)cc(C(=O)C(F)F)cc1F.